The molecule has 44 heavy (non-hydrogen) atoms. The average molecular weight is 626 g/mol. The van der Waals surface area contributed by atoms with E-state index in [0.717, 1.165) is 16.6 Å². The second-order valence-corrected chi connectivity index (χ2v) is 12.3. The molecule has 1 atom stereocenters. The zero-order valence-electron chi connectivity index (χ0n) is 25.8. The smallest absolute Gasteiger partial charge is 0.333 e. The highest BCUT2D eigenvalue weighted by Crippen LogP contribution is 2.38. The molecule has 0 aliphatic carbocycles. The summed E-state index contributed by atoms with van der Waals surface area (Å²) in [6.07, 6.45) is 5.19. The third-order valence-corrected chi connectivity index (χ3v) is 9.29. The number of thiophene rings is 1. The predicted molar refractivity (Wildman–Crippen MR) is 166 cm³/mol. The molecule has 11 nitrogen and oxygen atoms in total. The van der Waals surface area contributed by atoms with Gasteiger partial charge in [-0.1, -0.05) is 31.5 Å². The minimum absolute atomic E-state index is 0.0548. The number of aromatic nitrogens is 3. The van der Waals surface area contributed by atoms with Crippen molar-refractivity contribution in [3.63, 3.8) is 0 Å². The fourth-order valence-electron chi connectivity index (χ4n) is 5.47. The van der Waals surface area contributed by atoms with Crippen molar-refractivity contribution in [2.45, 2.75) is 77.7 Å². The minimum Gasteiger partial charge on any atom is -0.496 e. The van der Waals surface area contributed by atoms with Crippen molar-refractivity contribution >= 4 is 27.5 Å². The number of methoxy groups -OCH3 is 1. The second kappa shape index (κ2) is 13.5. The van der Waals surface area contributed by atoms with Gasteiger partial charge in [0.1, 0.15) is 28.5 Å². The monoisotopic (exact) mass is 625 g/mol. The summed E-state index contributed by atoms with van der Waals surface area (Å²) in [4.78, 5) is 47.4. The summed E-state index contributed by atoms with van der Waals surface area (Å²) in [6, 6.07) is 7.52. The molecule has 0 spiro atoms. The van der Waals surface area contributed by atoms with Crippen molar-refractivity contribution in [3.8, 4) is 16.5 Å². The molecule has 4 aromatic rings. The van der Waals surface area contributed by atoms with Crippen molar-refractivity contribution in [1.82, 2.24) is 14.1 Å². The Hall–Kier alpha value is -3.74. The molecular formula is C32H39N3O8S. The molecule has 12 heteroatoms. The molecule has 4 heterocycles. The topological polar surface area (TPSA) is 124 Å². The molecule has 0 N–H and O–H groups in total. The van der Waals surface area contributed by atoms with E-state index in [4.69, 9.17) is 23.4 Å². The van der Waals surface area contributed by atoms with Gasteiger partial charge >= 0.3 is 11.7 Å². The summed E-state index contributed by atoms with van der Waals surface area (Å²) in [5, 5.41) is 0.307. The zero-order valence-corrected chi connectivity index (χ0v) is 26.6. The molecule has 0 amide bonds. The quantitative estimate of drug-likeness (QED) is 0.154. The van der Waals surface area contributed by atoms with E-state index in [1.165, 1.54) is 42.2 Å². The standard InChI is InChI=1S/C32H39N3O8S/c1-6-7-15-42-30(37)32(3,4)35-28(36)25-20(2)26(27-33-14-18-41-27)44-29(25)34(31(35)38)19-24(43-21-12-16-40-17-13-21)22-10-8-9-11-23(22)39-5/h8-11,14,18,21,24H,6-7,12-13,15-17,19H2,1-5H3/t24-/m0/s1. The fourth-order valence-corrected chi connectivity index (χ4v) is 6.72. The molecule has 236 valence electrons. The largest absolute Gasteiger partial charge is 0.496 e. The van der Waals surface area contributed by atoms with Crippen LogP contribution in [0.4, 0.5) is 0 Å². The van der Waals surface area contributed by atoms with Crippen molar-refractivity contribution in [2.75, 3.05) is 26.9 Å². The summed E-state index contributed by atoms with van der Waals surface area (Å²) in [5.74, 6) is 0.299. The summed E-state index contributed by atoms with van der Waals surface area (Å²) in [5.41, 5.74) is -1.44. The number of hydrogen-bond donors (Lipinski definition) is 0. The number of esters is 1. The van der Waals surface area contributed by atoms with E-state index in [2.05, 4.69) is 4.98 Å². The lowest BCUT2D eigenvalue weighted by molar-refractivity contribution is -0.153. The summed E-state index contributed by atoms with van der Waals surface area (Å²) >= 11 is 1.24. The van der Waals surface area contributed by atoms with Gasteiger partial charge in [0.05, 0.1) is 42.8 Å². The number of fused-ring (bicyclic) bond motifs is 1. The number of ether oxygens (including phenoxy) is 4. The number of aryl methyl sites for hydroxylation is 1. The van der Waals surface area contributed by atoms with Gasteiger partial charge in [-0.3, -0.25) is 9.36 Å². The number of carbonyl (C=O) groups is 1. The van der Waals surface area contributed by atoms with Crippen LogP contribution in [-0.4, -0.2) is 53.1 Å². The normalized spacial score (nSPS) is 15.0. The lowest BCUT2D eigenvalue weighted by Crippen LogP contribution is -2.53. The van der Waals surface area contributed by atoms with Gasteiger partial charge in [-0.2, -0.15) is 0 Å². The van der Waals surface area contributed by atoms with E-state index in [9.17, 15) is 14.4 Å². The highest BCUT2D eigenvalue weighted by molar-refractivity contribution is 7.22. The van der Waals surface area contributed by atoms with Crippen molar-refractivity contribution in [3.05, 3.63) is 68.7 Å². The average Bonchev–Trinajstić information content (AvgIpc) is 3.67. The molecule has 1 fully saturated rings. The molecular weight excluding hydrogens is 586 g/mol. The Morgan fingerprint density at radius 1 is 1.20 bits per heavy atom. The van der Waals surface area contributed by atoms with E-state index >= 15 is 0 Å². The first-order valence-corrected chi connectivity index (χ1v) is 15.7. The molecule has 3 aromatic heterocycles. The molecule has 1 aliphatic rings. The molecule has 5 rings (SSSR count). The number of benzene rings is 1. The summed E-state index contributed by atoms with van der Waals surface area (Å²) in [6.45, 7) is 8.26. The van der Waals surface area contributed by atoms with Gasteiger partial charge in [-0.05, 0) is 51.7 Å². The first-order chi connectivity index (χ1) is 21.2. The van der Waals surface area contributed by atoms with Crippen LogP contribution in [0.3, 0.4) is 0 Å². The zero-order chi connectivity index (χ0) is 31.4. The third-order valence-electron chi connectivity index (χ3n) is 7.99. The van der Waals surface area contributed by atoms with Crippen molar-refractivity contribution in [2.24, 2.45) is 0 Å². The van der Waals surface area contributed by atoms with Crippen LogP contribution >= 0.6 is 11.3 Å². The fraction of sp³-hybridized carbons (Fsp3) is 0.500. The number of rotatable bonds is 12. The minimum atomic E-state index is -1.59. The van der Waals surface area contributed by atoms with Crippen LogP contribution in [0.5, 0.6) is 5.75 Å². The number of nitrogens with zero attached hydrogens (tertiary/aromatic N) is 3. The van der Waals surface area contributed by atoms with Crippen LogP contribution in [0.25, 0.3) is 21.0 Å². The van der Waals surface area contributed by atoms with Crippen LogP contribution < -0.4 is 16.0 Å². The highest BCUT2D eigenvalue weighted by Gasteiger charge is 2.38. The number of oxazole rings is 1. The number of para-hydroxylation sites is 1. The maximum absolute atomic E-state index is 14.5. The van der Waals surface area contributed by atoms with E-state index in [1.807, 2.05) is 31.2 Å². The van der Waals surface area contributed by atoms with Gasteiger partial charge in [-0.15, -0.1) is 11.3 Å². The predicted octanol–water partition coefficient (Wildman–Crippen LogP) is 5.21. The molecule has 0 unspecified atom stereocenters. The van der Waals surface area contributed by atoms with Crippen LogP contribution in [0.2, 0.25) is 0 Å². The van der Waals surface area contributed by atoms with E-state index in [1.54, 1.807) is 14.0 Å². The number of hydrogen-bond acceptors (Lipinski definition) is 10. The van der Waals surface area contributed by atoms with Gasteiger partial charge in [0.2, 0.25) is 5.89 Å². The van der Waals surface area contributed by atoms with Crippen LogP contribution in [0.15, 0.2) is 50.7 Å². The Bertz CT molecular complexity index is 1710. The van der Waals surface area contributed by atoms with Crippen LogP contribution in [0.1, 0.15) is 63.7 Å². The van der Waals surface area contributed by atoms with Crippen LogP contribution in [-0.2, 0) is 31.1 Å². The first-order valence-electron chi connectivity index (χ1n) is 14.9. The molecule has 1 aliphatic heterocycles. The van der Waals surface area contributed by atoms with E-state index in [-0.39, 0.29) is 19.3 Å². The lowest BCUT2D eigenvalue weighted by atomic mass is 10.0. The Labute approximate surface area is 259 Å². The van der Waals surface area contributed by atoms with Crippen LogP contribution in [0, 0.1) is 6.92 Å². The van der Waals surface area contributed by atoms with Gasteiger partial charge in [0.25, 0.3) is 5.56 Å². The lowest BCUT2D eigenvalue weighted by Gasteiger charge is -2.30. The Kier molecular flexibility index (Phi) is 9.72. The second-order valence-electron chi connectivity index (χ2n) is 11.3. The molecule has 0 radical (unpaired) electrons. The van der Waals surface area contributed by atoms with E-state index < -0.39 is 28.9 Å². The Balaban J connectivity index is 1.72. The Morgan fingerprint density at radius 3 is 2.64 bits per heavy atom. The number of carbonyl (C=O) groups excluding carboxylic acids is 1. The van der Waals surface area contributed by atoms with E-state index in [0.29, 0.717) is 64.8 Å². The SMILES string of the molecule is CCCCOC(=O)C(C)(C)n1c(=O)c2c(C)c(-c3ncco3)sc2n(C[C@H](OC2CCOCC2)c2ccccc2OC)c1=O. The molecule has 0 bridgehead atoms. The maximum atomic E-state index is 14.5. The summed E-state index contributed by atoms with van der Waals surface area (Å²) in [7, 11) is 1.59. The van der Waals surface area contributed by atoms with Crippen molar-refractivity contribution < 1.29 is 28.2 Å². The van der Waals surface area contributed by atoms with Gasteiger partial charge in [0.15, 0.2) is 0 Å². The molecule has 1 aromatic carbocycles. The highest BCUT2D eigenvalue weighted by atomic mass is 32.1. The van der Waals surface area contributed by atoms with Gasteiger partial charge < -0.3 is 23.4 Å². The first kappa shape index (κ1) is 31.7. The Morgan fingerprint density at radius 2 is 1.95 bits per heavy atom. The summed E-state index contributed by atoms with van der Waals surface area (Å²) < 4.78 is 31.6. The number of unbranched alkanes of at least 4 members (excludes halogenated alkanes) is 1. The molecule has 1 saturated heterocycles. The van der Waals surface area contributed by atoms with Gasteiger partial charge in [-0.25, -0.2) is 19.1 Å². The van der Waals surface area contributed by atoms with Gasteiger partial charge in [0, 0.05) is 18.8 Å². The molecule has 0 saturated carbocycles. The maximum Gasteiger partial charge on any atom is 0.333 e. The third kappa shape index (κ3) is 6.11. The van der Waals surface area contributed by atoms with Crippen molar-refractivity contribution in [1.29, 1.82) is 0 Å².